The second-order valence-corrected chi connectivity index (χ2v) is 5.77. The number of hydrogen-bond acceptors (Lipinski definition) is 2. The van der Waals surface area contributed by atoms with Gasteiger partial charge in [0.2, 0.25) is 0 Å². The van der Waals surface area contributed by atoms with Crippen molar-refractivity contribution in [3.63, 3.8) is 0 Å². The lowest BCUT2D eigenvalue weighted by Gasteiger charge is -2.27. The van der Waals surface area contributed by atoms with Crippen LogP contribution < -0.4 is 11.3 Å². The van der Waals surface area contributed by atoms with E-state index in [0.717, 1.165) is 6.42 Å². The molecule has 0 aromatic heterocycles. The van der Waals surface area contributed by atoms with Crippen molar-refractivity contribution >= 4 is 0 Å². The van der Waals surface area contributed by atoms with E-state index in [0.29, 0.717) is 0 Å². The molecule has 1 unspecified atom stereocenters. The van der Waals surface area contributed by atoms with Gasteiger partial charge >= 0.3 is 0 Å². The van der Waals surface area contributed by atoms with Crippen molar-refractivity contribution in [3.05, 3.63) is 34.9 Å². The quantitative estimate of drug-likeness (QED) is 0.606. The highest BCUT2D eigenvalue weighted by atomic mass is 15.2. The molecule has 1 aromatic rings. The molecule has 1 atom stereocenters. The Labute approximate surface area is 99.2 Å². The molecule has 16 heavy (non-hydrogen) atoms. The molecule has 0 spiro atoms. The largest absolute Gasteiger partial charge is 0.271 e. The number of benzene rings is 1. The molecule has 1 aromatic carbocycles. The lowest BCUT2D eigenvalue weighted by atomic mass is 9.84. The number of hydrogen-bond donors (Lipinski definition) is 2. The number of aryl methyl sites for hydroxylation is 1. The highest BCUT2D eigenvalue weighted by Gasteiger charge is 2.20. The molecule has 90 valence electrons. The predicted octanol–water partition coefficient (Wildman–Crippen LogP) is 3.24. The maximum Gasteiger partial charge on any atom is 0.0467 e. The lowest BCUT2D eigenvalue weighted by molar-refractivity contribution is 0.313. The Morgan fingerprint density at radius 2 is 1.88 bits per heavy atom. The van der Waals surface area contributed by atoms with E-state index in [2.05, 4.69) is 58.2 Å². The Kier molecular flexibility index (Phi) is 4.11. The van der Waals surface area contributed by atoms with Gasteiger partial charge in [0.1, 0.15) is 0 Å². The van der Waals surface area contributed by atoms with E-state index >= 15 is 0 Å². The van der Waals surface area contributed by atoms with Gasteiger partial charge in [-0.05, 0) is 42.4 Å². The van der Waals surface area contributed by atoms with Gasteiger partial charge in [0.15, 0.2) is 0 Å². The Hall–Kier alpha value is -0.860. The molecule has 0 aliphatic rings. The van der Waals surface area contributed by atoms with E-state index in [1.54, 1.807) is 0 Å². The first-order chi connectivity index (χ1) is 7.35. The van der Waals surface area contributed by atoms with Crippen LogP contribution in [0.3, 0.4) is 0 Å². The van der Waals surface area contributed by atoms with Gasteiger partial charge in [0, 0.05) is 6.04 Å². The van der Waals surface area contributed by atoms with Crippen LogP contribution in [0, 0.1) is 19.3 Å². The second-order valence-electron chi connectivity index (χ2n) is 5.77. The van der Waals surface area contributed by atoms with Gasteiger partial charge in [0.05, 0.1) is 0 Å². The van der Waals surface area contributed by atoms with Crippen molar-refractivity contribution in [2.24, 2.45) is 11.3 Å². The summed E-state index contributed by atoms with van der Waals surface area (Å²) in [6.45, 7) is 11.0. The van der Waals surface area contributed by atoms with E-state index < -0.39 is 0 Å². The fourth-order valence-corrected chi connectivity index (χ4v) is 2.02. The van der Waals surface area contributed by atoms with Crippen LogP contribution in [0.5, 0.6) is 0 Å². The van der Waals surface area contributed by atoms with Crippen molar-refractivity contribution in [2.75, 3.05) is 0 Å². The number of rotatable bonds is 3. The van der Waals surface area contributed by atoms with Gasteiger partial charge < -0.3 is 0 Å². The second kappa shape index (κ2) is 4.98. The molecular weight excluding hydrogens is 196 g/mol. The summed E-state index contributed by atoms with van der Waals surface area (Å²) in [7, 11) is 0. The topological polar surface area (TPSA) is 38.0 Å². The summed E-state index contributed by atoms with van der Waals surface area (Å²) in [6.07, 6.45) is 1.04. The van der Waals surface area contributed by atoms with Crippen LogP contribution in [0.2, 0.25) is 0 Å². The zero-order valence-corrected chi connectivity index (χ0v) is 11.1. The maximum absolute atomic E-state index is 5.68. The maximum atomic E-state index is 5.68. The molecule has 0 amide bonds. The first-order valence-electron chi connectivity index (χ1n) is 5.87. The van der Waals surface area contributed by atoms with E-state index in [9.17, 15) is 0 Å². The summed E-state index contributed by atoms with van der Waals surface area (Å²) >= 11 is 0. The number of hydrazine groups is 1. The fraction of sp³-hybridized carbons (Fsp3) is 0.571. The number of nitrogens with one attached hydrogen (secondary N) is 1. The van der Waals surface area contributed by atoms with Crippen LogP contribution in [-0.4, -0.2) is 0 Å². The van der Waals surface area contributed by atoms with Gasteiger partial charge in [-0.3, -0.25) is 11.3 Å². The summed E-state index contributed by atoms with van der Waals surface area (Å²) in [4.78, 5) is 0. The predicted molar refractivity (Wildman–Crippen MR) is 70.1 cm³/mol. The average Bonchev–Trinajstić information content (AvgIpc) is 2.18. The third kappa shape index (κ3) is 3.32. The van der Waals surface area contributed by atoms with Crippen LogP contribution in [0.25, 0.3) is 0 Å². The van der Waals surface area contributed by atoms with Gasteiger partial charge in [-0.15, -0.1) is 0 Å². The molecule has 2 nitrogen and oxygen atoms in total. The van der Waals surface area contributed by atoms with Crippen molar-refractivity contribution < 1.29 is 0 Å². The highest BCUT2D eigenvalue weighted by Crippen LogP contribution is 2.31. The van der Waals surface area contributed by atoms with Crippen LogP contribution in [0.4, 0.5) is 0 Å². The Bertz CT molecular complexity index is 350. The molecule has 0 aliphatic heterocycles. The molecule has 0 saturated heterocycles. The summed E-state index contributed by atoms with van der Waals surface area (Å²) < 4.78 is 0. The lowest BCUT2D eigenvalue weighted by Crippen LogP contribution is -2.31. The first kappa shape index (κ1) is 13.2. The molecule has 2 heteroatoms. The van der Waals surface area contributed by atoms with E-state index in [4.69, 9.17) is 5.84 Å². The first-order valence-corrected chi connectivity index (χ1v) is 5.87. The Balaban J connectivity index is 3.00. The SMILES string of the molecule is Cc1cccc(C(CC(C)(C)C)NN)c1C. The van der Waals surface area contributed by atoms with Crippen molar-refractivity contribution in [3.8, 4) is 0 Å². The number of nitrogens with two attached hydrogens (primary N) is 1. The van der Waals surface area contributed by atoms with Crippen LogP contribution in [0.1, 0.15) is 49.9 Å². The van der Waals surface area contributed by atoms with Crippen molar-refractivity contribution in [1.82, 2.24) is 5.43 Å². The molecule has 0 fully saturated rings. The third-order valence-corrected chi connectivity index (χ3v) is 3.04. The summed E-state index contributed by atoms with van der Waals surface area (Å²) in [5.41, 5.74) is 7.20. The fourth-order valence-electron chi connectivity index (χ4n) is 2.02. The van der Waals surface area contributed by atoms with E-state index in [-0.39, 0.29) is 11.5 Å². The Morgan fingerprint density at radius 3 is 2.38 bits per heavy atom. The normalized spacial score (nSPS) is 13.9. The molecular formula is C14H24N2. The molecule has 0 bridgehead atoms. The van der Waals surface area contributed by atoms with Gasteiger partial charge in [-0.2, -0.15) is 0 Å². The van der Waals surface area contributed by atoms with Crippen LogP contribution >= 0.6 is 0 Å². The van der Waals surface area contributed by atoms with Crippen LogP contribution in [0.15, 0.2) is 18.2 Å². The van der Waals surface area contributed by atoms with E-state index in [1.807, 2.05) is 0 Å². The zero-order valence-electron chi connectivity index (χ0n) is 11.1. The average molecular weight is 220 g/mol. The molecule has 3 N–H and O–H groups in total. The van der Waals surface area contributed by atoms with Gasteiger partial charge in [-0.1, -0.05) is 39.0 Å². The minimum Gasteiger partial charge on any atom is -0.271 e. The smallest absolute Gasteiger partial charge is 0.0467 e. The van der Waals surface area contributed by atoms with Gasteiger partial charge in [-0.25, -0.2) is 0 Å². The zero-order chi connectivity index (χ0) is 12.3. The summed E-state index contributed by atoms with van der Waals surface area (Å²) in [5, 5.41) is 0. The van der Waals surface area contributed by atoms with Crippen molar-refractivity contribution in [2.45, 2.75) is 47.1 Å². The Morgan fingerprint density at radius 1 is 1.25 bits per heavy atom. The monoisotopic (exact) mass is 220 g/mol. The van der Waals surface area contributed by atoms with Crippen molar-refractivity contribution in [1.29, 1.82) is 0 Å². The van der Waals surface area contributed by atoms with Crippen LogP contribution in [-0.2, 0) is 0 Å². The summed E-state index contributed by atoms with van der Waals surface area (Å²) in [5.74, 6) is 5.68. The molecule has 1 rings (SSSR count). The molecule has 0 saturated carbocycles. The molecule has 0 radical (unpaired) electrons. The summed E-state index contributed by atoms with van der Waals surface area (Å²) in [6, 6.07) is 6.65. The minimum atomic E-state index is 0.236. The van der Waals surface area contributed by atoms with E-state index in [1.165, 1.54) is 16.7 Å². The minimum absolute atomic E-state index is 0.236. The molecule has 0 heterocycles. The molecule has 0 aliphatic carbocycles. The van der Waals surface area contributed by atoms with Gasteiger partial charge in [0.25, 0.3) is 0 Å². The highest BCUT2D eigenvalue weighted by molar-refractivity contribution is 5.35. The standard InChI is InChI=1S/C14H24N2/c1-10-7-6-8-12(11(10)2)13(16-15)9-14(3,4)5/h6-8,13,16H,9,15H2,1-5H3. The third-order valence-electron chi connectivity index (χ3n) is 3.04.